The van der Waals surface area contributed by atoms with Gasteiger partial charge in [-0.25, -0.2) is 0 Å². The maximum atomic E-state index is 3.71. The van der Waals surface area contributed by atoms with E-state index in [-0.39, 0.29) is 0 Å². The van der Waals surface area contributed by atoms with Crippen molar-refractivity contribution in [2.75, 3.05) is 26.2 Å². The predicted molar refractivity (Wildman–Crippen MR) is 78.5 cm³/mol. The number of hydrogen-bond donors (Lipinski definition) is 1. The fourth-order valence-corrected chi connectivity index (χ4v) is 2.07. The minimum absolute atomic E-state index is 0.333. The summed E-state index contributed by atoms with van der Waals surface area (Å²) in [5.41, 5.74) is 0.333. The lowest BCUT2D eigenvalue weighted by atomic mass is 9.86. The molecule has 0 bridgehead atoms. The van der Waals surface area contributed by atoms with Gasteiger partial charge in [0.2, 0.25) is 0 Å². The lowest BCUT2D eigenvalue weighted by Gasteiger charge is -2.36. The molecular formula is C15H34N2. The Hall–Kier alpha value is -0.0800. The Balaban J connectivity index is 4.38. The van der Waals surface area contributed by atoms with Gasteiger partial charge in [0, 0.05) is 19.1 Å². The van der Waals surface area contributed by atoms with Crippen LogP contribution in [0.4, 0.5) is 0 Å². The molecule has 0 amide bonds. The molecule has 0 saturated heterocycles. The third-order valence-corrected chi connectivity index (χ3v) is 3.20. The summed E-state index contributed by atoms with van der Waals surface area (Å²) in [6.07, 6.45) is 1.21. The summed E-state index contributed by atoms with van der Waals surface area (Å²) in [5.74, 6) is 0.752. The van der Waals surface area contributed by atoms with Crippen molar-refractivity contribution >= 4 is 0 Å². The third-order valence-electron chi connectivity index (χ3n) is 3.20. The Kier molecular flexibility index (Phi) is 8.06. The van der Waals surface area contributed by atoms with E-state index in [9.17, 15) is 0 Å². The van der Waals surface area contributed by atoms with Gasteiger partial charge in [0.15, 0.2) is 0 Å². The van der Waals surface area contributed by atoms with Crippen LogP contribution in [0.1, 0.15) is 54.9 Å². The monoisotopic (exact) mass is 242 g/mol. The maximum Gasteiger partial charge on any atom is 0.0243 e. The Labute approximate surface area is 109 Å². The van der Waals surface area contributed by atoms with Crippen LogP contribution in [-0.4, -0.2) is 37.1 Å². The number of nitrogens with zero attached hydrogens (tertiary/aromatic N) is 1. The zero-order chi connectivity index (χ0) is 13.5. The Bertz CT molecular complexity index is 182. The van der Waals surface area contributed by atoms with E-state index in [4.69, 9.17) is 0 Å². The van der Waals surface area contributed by atoms with E-state index in [0.717, 1.165) is 25.6 Å². The van der Waals surface area contributed by atoms with E-state index in [1.807, 2.05) is 0 Å². The molecule has 1 N–H and O–H groups in total. The summed E-state index contributed by atoms with van der Waals surface area (Å²) in [6, 6.07) is 0.584. The van der Waals surface area contributed by atoms with Crippen LogP contribution in [0.15, 0.2) is 0 Å². The molecule has 0 radical (unpaired) electrons. The van der Waals surface area contributed by atoms with Gasteiger partial charge in [0.25, 0.3) is 0 Å². The van der Waals surface area contributed by atoms with Gasteiger partial charge in [-0.2, -0.15) is 0 Å². The Morgan fingerprint density at radius 3 is 2.00 bits per heavy atom. The summed E-state index contributed by atoms with van der Waals surface area (Å²) in [7, 11) is 0. The van der Waals surface area contributed by atoms with Crippen molar-refractivity contribution in [3.8, 4) is 0 Å². The smallest absolute Gasteiger partial charge is 0.0243 e. The SMILES string of the molecule is CCCNC(CN(CC)CC(C)C)C(C)(C)C. The van der Waals surface area contributed by atoms with E-state index in [1.165, 1.54) is 13.0 Å². The van der Waals surface area contributed by atoms with Crippen molar-refractivity contribution in [2.45, 2.75) is 60.9 Å². The van der Waals surface area contributed by atoms with Gasteiger partial charge in [-0.1, -0.05) is 48.5 Å². The molecular weight excluding hydrogens is 208 g/mol. The molecule has 0 aliphatic heterocycles. The van der Waals surface area contributed by atoms with Crippen molar-refractivity contribution < 1.29 is 0 Å². The molecule has 2 nitrogen and oxygen atoms in total. The van der Waals surface area contributed by atoms with Gasteiger partial charge in [0.05, 0.1) is 0 Å². The van der Waals surface area contributed by atoms with Crippen molar-refractivity contribution in [3.63, 3.8) is 0 Å². The van der Waals surface area contributed by atoms with Crippen molar-refractivity contribution in [3.05, 3.63) is 0 Å². The largest absolute Gasteiger partial charge is 0.312 e. The van der Waals surface area contributed by atoms with Gasteiger partial charge in [-0.15, -0.1) is 0 Å². The lowest BCUT2D eigenvalue weighted by Crippen LogP contribution is -2.49. The third kappa shape index (κ3) is 7.77. The highest BCUT2D eigenvalue weighted by Gasteiger charge is 2.25. The van der Waals surface area contributed by atoms with Crippen LogP contribution in [0.25, 0.3) is 0 Å². The molecule has 1 unspecified atom stereocenters. The van der Waals surface area contributed by atoms with Crippen LogP contribution in [0.5, 0.6) is 0 Å². The van der Waals surface area contributed by atoms with Gasteiger partial charge >= 0.3 is 0 Å². The fourth-order valence-electron chi connectivity index (χ4n) is 2.07. The van der Waals surface area contributed by atoms with Gasteiger partial charge < -0.3 is 10.2 Å². The molecule has 0 rings (SSSR count). The second-order valence-corrected chi connectivity index (χ2v) is 6.62. The zero-order valence-electron chi connectivity index (χ0n) is 13.1. The first-order chi connectivity index (χ1) is 7.81. The lowest BCUT2D eigenvalue weighted by molar-refractivity contribution is 0.166. The van der Waals surface area contributed by atoms with E-state index in [1.54, 1.807) is 0 Å². The van der Waals surface area contributed by atoms with E-state index >= 15 is 0 Å². The standard InChI is InChI=1S/C15H34N2/c1-8-10-16-14(15(5,6)7)12-17(9-2)11-13(3)4/h13-14,16H,8-12H2,1-7H3. The highest BCUT2D eigenvalue weighted by molar-refractivity contribution is 4.83. The summed E-state index contributed by atoms with van der Waals surface area (Å²) in [5, 5.41) is 3.71. The number of nitrogens with one attached hydrogen (secondary N) is 1. The van der Waals surface area contributed by atoms with Crippen LogP contribution in [-0.2, 0) is 0 Å². The second kappa shape index (κ2) is 8.10. The van der Waals surface area contributed by atoms with Gasteiger partial charge in [0.1, 0.15) is 0 Å². The molecule has 0 aliphatic carbocycles. The summed E-state index contributed by atoms with van der Waals surface area (Å²) in [6.45, 7) is 20.8. The minimum Gasteiger partial charge on any atom is -0.312 e. The predicted octanol–water partition coefficient (Wildman–Crippen LogP) is 3.38. The average molecular weight is 242 g/mol. The van der Waals surface area contributed by atoms with Crippen LogP contribution >= 0.6 is 0 Å². The summed E-state index contributed by atoms with van der Waals surface area (Å²) >= 11 is 0. The Morgan fingerprint density at radius 2 is 1.65 bits per heavy atom. The molecule has 0 aromatic heterocycles. The topological polar surface area (TPSA) is 15.3 Å². The number of hydrogen-bond acceptors (Lipinski definition) is 2. The van der Waals surface area contributed by atoms with E-state index in [0.29, 0.717) is 11.5 Å². The molecule has 104 valence electrons. The van der Waals surface area contributed by atoms with Gasteiger partial charge in [-0.3, -0.25) is 0 Å². The van der Waals surface area contributed by atoms with Gasteiger partial charge in [-0.05, 0) is 30.8 Å². The molecule has 17 heavy (non-hydrogen) atoms. The molecule has 0 heterocycles. The molecule has 0 fully saturated rings. The summed E-state index contributed by atoms with van der Waals surface area (Å²) < 4.78 is 0. The quantitative estimate of drug-likeness (QED) is 0.702. The van der Waals surface area contributed by atoms with Crippen molar-refractivity contribution in [1.82, 2.24) is 10.2 Å². The van der Waals surface area contributed by atoms with Crippen LogP contribution in [0.3, 0.4) is 0 Å². The molecule has 0 aromatic rings. The van der Waals surface area contributed by atoms with Crippen molar-refractivity contribution in [2.24, 2.45) is 11.3 Å². The van der Waals surface area contributed by atoms with E-state index < -0.39 is 0 Å². The summed E-state index contributed by atoms with van der Waals surface area (Å²) in [4.78, 5) is 2.57. The first-order valence-corrected chi connectivity index (χ1v) is 7.26. The highest BCUT2D eigenvalue weighted by atomic mass is 15.1. The first-order valence-electron chi connectivity index (χ1n) is 7.26. The van der Waals surface area contributed by atoms with E-state index in [2.05, 4.69) is 58.7 Å². The molecule has 0 aromatic carbocycles. The number of rotatable bonds is 8. The Morgan fingerprint density at radius 1 is 1.06 bits per heavy atom. The average Bonchev–Trinajstić information content (AvgIpc) is 2.20. The molecule has 1 atom stereocenters. The minimum atomic E-state index is 0.333. The van der Waals surface area contributed by atoms with Crippen LogP contribution in [0, 0.1) is 11.3 Å². The second-order valence-electron chi connectivity index (χ2n) is 6.62. The molecule has 0 spiro atoms. The molecule has 0 aliphatic rings. The van der Waals surface area contributed by atoms with Crippen LogP contribution < -0.4 is 5.32 Å². The maximum absolute atomic E-state index is 3.71. The van der Waals surface area contributed by atoms with Crippen molar-refractivity contribution in [1.29, 1.82) is 0 Å². The molecule has 0 saturated carbocycles. The number of likely N-dealkylation sites (N-methyl/N-ethyl adjacent to an activating group) is 1. The normalized spacial score (nSPS) is 14.6. The fraction of sp³-hybridized carbons (Fsp3) is 1.00. The first kappa shape index (κ1) is 16.9. The highest BCUT2D eigenvalue weighted by Crippen LogP contribution is 2.20. The van der Waals surface area contributed by atoms with Crippen LogP contribution in [0.2, 0.25) is 0 Å². The molecule has 2 heteroatoms. The zero-order valence-corrected chi connectivity index (χ0v) is 13.1.